The Morgan fingerprint density at radius 2 is 2.14 bits per heavy atom. The number of aromatic nitrogens is 2. The standard InChI is InChI=1S/C16H27N3O2/c1-2-16(12-20)8-5-9-19(11-16)10-14-17-15(21-18-14)13-6-3-4-7-13/h13,20H,2-12H2,1H3. The average Bonchev–Trinajstić information content (AvgIpc) is 3.18. The third-order valence-corrected chi connectivity index (χ3v) is 5.38. The van der Waals surface area contributed by atoms with Crippen LogP contribution in [0.25, 0.3) is 0 Å². The van der Waals surface area contributed by atoms with Crippen molar-refractivity contribution in [2.75, 3.05) is 19.7 Å². The van der Waals surface area contributed by atoms with Crippen molar-refractivity contribution in [1.82, 2.24) is 15.0 Å². The molecule has 2 aliphatic rings. The second-order valence-electron chi connectivity index (χ2n) is 6.86. The van der Waals surface area contributed by atoms with Crippen LogP contribution in [-0.2, 0) is 6.54 Å². The summed E-state index contributed by atoms with van der Waals surface area (Å²) in [6.07, 6.45) is 8.23. The summed E-state index contributed by atoms with van der Waals surface area (Å²) in [5.74, 6) is 2.13. The minimum absolute atomic E-state index is 0.0657. The minimum atomic E-state index is 0.0657. The number of rotatable bonds is 5. The molecular formula is C16H27N3O2. The van der Waals surface area contributed by atoms with E-state index in [0.29, 0.717) is 5.92 Å². The molecule has 1 saturated carbocycles. The Morgan fingerprint density at radius 3 is 2.86 bits per heavy atom. The van der Waals surface area contributed by atoms with Crippen molar-refractivity contribution in [2.24, 2.45) is 5.41 Å². The molecule has 0 amide bonds. The van der Waals surface area contributed by atoms with Crippen LogP contribution in [0.5, 0.6) is 0 Å². The lowest BCUT2D eigenvalue weighted by molar-refractivity contribution is 0.0245. The number of hydrogen-bond acceptors (Lipinski definition) is 5. The van der Waals surface area contributed by atoms with Crippen molar-refractivity contribution in [2.45, 2.75) is 64.3 Å². The van der Waals surface area contributed by atoms with E-state index in [2.05, 4.69) is 22.0 Å². The molecule has 0 spiro atoms. The SMILES string of the molecule is CCC1(CO)CCCN(Cc2noc(C3CCCC3)n2)C1. The first-order valence-corrected chi connectivity index (χ1v) is 8.40. The predicted molar refractivity (Wildman–Crippen MR) is 79.8 cm³/mol. The average molecular weight is 293 g/mol. The molecule has 1 N–H and O–H groups in total. The van der Waals surface area contributed by atoms with Gasteiger partial charge < -0.3 is 9.63 Å². The molecule has 118 valence electrons. The Hall–Kier alpha value is -0.940. The van der Waals surface area contributed by atoms with Gasteiger partial charge in [-0.1, -0.05) is 24.9 Å². The maximum atomic E-state index is 9.70. The summed E-state index contributed by atoms with van der Waals surface area (Å²) in [6.45, 7) is 5.20. The number of aliphatic hydroxyl groups is 1. The largest absolute Gasteiger partial charge is 0.396 e. The fourth-order valence-corrected chi connectivity index (χ4v) is 3.84. The second kappa shape index (κ2) is 6.44. The summed E-state index contributed by atoms with van der Waals surface area (Å²) in [7, 11) is 0. The topological polar surface area (TPSA) is 62.4 Å². The van der Waals surface area contributed by atoms with Crippen LogP contribution in [0.2, 0.25) is 0 Å². The van der Waals surface area contributed by atoms with Crippen LogP contribution in [0.3, 0.4) is 0 Å². The van der Waals surface area contributed by atoms with Crippen LogP contribution in [-0.4, -0.2) is 39.8 Å². The number of piperidine rings is 1. The van der Waals surface area contributed by atoms with Crippen molar-refractivity contribution in [1.29, 1.82) is 0 Å². The van der Waals surface area contributed by atoms with Crippen LogP contribution < -0.4 is 0 Å². The molecule has 2 fully saturated rings. The number of aliphatic hydroxyl groups excluding tert-OH is 1. The molecule has 1 aliphatic carbocycles. The molecule has 5 heteroatoms. The maximum absolute atomic E-state index is 9.70. The zero-order chi connectivity index (χ0) is 14.7. The molecule has 21 heavy (non-hydrogen) atoms. The Balaban J connectivity index is 1.61. The highest BCUT2D eigenvalue weighted by Crippen LogP contribution is 2.34. The van der Waals surface area contributed by atoms with Crippen LogP contribution in [0.1, 0.15) is 69.5 Å². The molecule has 1 atom stereocenters. The van der Waals surface area contributed by atoms with Crippen molar-refractivity contribution >= 4 is 0 Å². The van der Waals surface area contributed by atoms with E-state index in [4.69, 9.17) is 4.52 Å². The molecule has 1 aliphatic heterocycles. The van der Waals surface area contributed by atoms with E-state index in [9.17, 15) is 5.11 Å². The fourth-order valence-electron chi connectivity index (χ4n) is 3.84. The summed E-state index contributed by atoms with van der Waals surface area (Å²) < 4.78 is 5.46. The Kier molecular flexibility index (Phi) is 4.60. The number of nitrogens with zero attached hydrogens (tertiary/aromatic N) is 3. The molecule has 0 aromatic carbocycles. The van der Waals surface area contributed by atoms with E-state index in [1.54, 1.807) is 0 Å². The van der Waals surface area contributed by atoms with Crippen molar-refractivity contribution in [3.8, 4) is 0 Å². The van der Waals surface area contributed by atoms with Gasteiger partial charge in [0.2, 0.25) is 5.89 Å². The predicted octanol–water partition coefficient (Wildman–Crippen LogP) is 2.71. The van der Waals surface area contributed by atoms with E-state index in [0.717, 1.165) is 50.6 Å². The zero-order valence-electron chi connectivity index (χ0n) is 13.1. The van der Waals surface area contributed by atoms with Gasteiger partial charge in [0, 0.05) is 24.5 Å². The van der Waals surface area contributed by atoms with Gasteiger partial charge in [-0.15, -0.1) is 0 Å². The highest BCUT2D eigenvalue weighted by atomic mass is 16.5. The quantitative estimate of drug-likeness (QED) is 0.904. The van der Waals surface area contributed by atoms with Gasteiger partial charge in [-0.3, -0.25) is 4.90 Å². The van der Waals surface area contributed by atoms with Gasteiger partial charge in [0.15, 0.2) is 5.82 Å². The molecule has 2 heterocycles. The second-order valence-corrected chi connectivity index (χ2v) is 6.86. The maximum Gasteiger partial charge on any atom is 0.229 e. The highest BCUT2D eigenvalue weighted by Gasteiger charge is 2.34. The van der Waals surface area contributed by atoms with E-state index in [1.165, 1.54) is 25.7 Å². The molecular weight excluding hydrogens is 266 g/mol. The van der Waals surface area contributed by atoms with Crippen LogP contribution >= 0.6 is 0 Å². The van der Waals surface area contributed by atoms with Gasteiger partial charge in [-0.05, 0) is 38.6 Å². The lowest BCUT2D eigenvalue weighted by atomic mass is 9.78. The van der Waals surface area contributed by atoms with Crippen molar-refractivity contribution in [3.05, 3.63) is 11.7 Å². The molecule has 0 radical (unpaired) electrons. The van der Waals surface area contributed by atoms with E-state index in [-0.39, 0.29) is 12.0 Å². The molecule has 1 aromatic rings. The normalized spacial score (nSPS) is 28.3. The molecule has 5 nitrogen and oxygen atoms in total. The van der Waals surface area contributed by atoms with Gasteiger partial charge in [-0.25, -0.2) is 0 Å². The molecule has 0 bridgehead atoms. The summed E-state index contributed by atoms with van der Waals surface area (Å²) in [5.41, 5.74) is 0.0657. The first kappa shape index (κ1) is 15.0. The summed E-state index contributed by atoms with van der Waals surface area (Å²) >= 11 is 0. The monoisotopic (exact) mass is 293 g/mol. The highest BCUT2D eigenvalue weighted by molar-refractivity contribution is 4.97. The van der Waals surface area contributed by atoms with E-state index >= 15 is 0 Å². The first-order valence-electron chi connectivity index (χ1n) is 8.40. The van der Waals surface area contributed by atoms with Gasteiger partial charge in [0.05, 0.1) is 6.54 Å². The van der Waals surface area contributed by atoms with Gasteiger partial charge in [-0.2, -0.15) is 4.98 Å². The van der Waals surface area contributed by atoms with Crippen LogP contribution in [0, 0.1) is 5.41 Å². The Morgan fingerprint density at radius 1 is 1.33 bits per heavy atom. The molecule has 3 rings (SSSR count). The minimum Gasteiger partial charge on any atom is -0.396 e. The van der Waals surface area contributed by atoms with Gasteiger partial charge >= 0.3 is 0 Å². The lowest BCUT2D eigenvalue weighted by Crippen LogP contribution is -2.44. The van der Waals surface area contributed by atoms with Crippen molar-refractivity contribution < 1.29 is 9.63 Å². The third-order valence-electron chi connectivity index (χ3n) is 5.38. The Bertz CT molecular complexity index is 450. The lowest BCUT2D eigenvalue weighted by Gasteiger charge is -2.40. The van der Waals surface area contributed by atoms with Gasteiger partial charge in [0.25, 0.3) is 0 Å². The summed E-state index contributed by atoms with van der Waals surface area (Å²) in [4.78, 5) is 6.97. The molecule has 1 aromatic heterocycles. The Labute approximate surface area is 126 Å². The molecule has 1 unspecified atom stereocenters. The number of likely N-dealkylation sites (tertiary alicyclic amines) is 1. The van der Waals surface area contributed by atoms with Crippen molar-refractivity contribution in [3.63, 3.8) is 0 Å². The zero-order valence-corrected chi connectivity index (χ0v) is 13.1. The molecule has 1 saturated heterocycles. The van der Waals surface area contributed by atoms with Crippen LogP contribution in [0.15, 0.2) is 4.52 Å². The van der Waals surface area contributed by atoms with E-state index < -0.39 is 0 Å². The fraction of sp³-hybridized carbons (Fsp3) is 0.875. The summed E-state index contributed by atoms with van der Waals surface area (Å²) in [5, 5.41) is 13.9. The van der Waals surface area contributed by atoms with Crippen LogP contribution in [0.4, 0.5) is 0 Å². The smallest absolute Gasteiger partial charge is 0.229 e. The first-order chi connectivity index (χ1) is 10.2. The third kappa shape index (κ3) is 3.29. The number of hydrogen-bond donors (Lipinski definition) is 1. The van der Waals surface area contributed by atoms with Gasteiger partial charge in [0.1, 0.15) is 0 Å². The van der Waals surface area contributed by atoms with E-state index in [1.807, 2.05) is 0 Å². The summed E-state index contributed by atoms with van der Waals surface area (Å²) in [6, 6.07) is 0.